The molecule has 4 rings (SSSR count). The highest BCUT2D eigenvalue weighted by Crippen LogP contribution is 2.40. The van der Waals surface area contributed by atoms with Gasteiger partial charge < -0.3 is 0 Å². The molecular formula is C27H22FNS3. The molecule has 2 heterocycles. The van der Waals surface area contributed by atoms with E-state index in [1.165, 1.54) is 43.5 Å². The summed E-state index contributed by atoms with van der Waals surface area (Å²) in [5.41, 5.74) is 5.01. The summed E-state index contributed by atoms with van der Waals surface area (Å²) in [5, 5.41) is 2.18. The van der Waals surface area contributed by atoms with Gasteiger partial charge in [0.1, 0.15) is 5.69 Å². The normalized spacial score (nSPS) is 10.6. The van der Waals surface area contributed by atoms with Gasteiger partial charge in [-0.2, -0.15) is 4.99 Å². The van der Waals surface area contributed by atoms with Crippen molar-refractivity contribution in [1.82, 2.24) is 0 Å². The van der Waals surface area contributed by atoms with Gasteiger partial charge in [0, 0.05) is 19.8 Å². The van der Waals surface area contributed by atoms with Gasteiger partial charge in [-0.15, -0.1) is 22.7 Å². The minimum Gasteiger partial charge on any atom is -0.205 e. The molecule has 0 fully saturated rings. The number of aliphatic imine (C=N–C) groups is 1. The van der Waals surface area contributed by atoms with E-state index in [4.69, 9.17) is 0 Å². The van der Waals surface area contributed by atoms with Crippen molar-refractivity contribution in [3.8, 4) is 22.3 Å². The molecule has 160 valence electrons. The van der Waals surface area contributed by atoms with Crippen molar-refractivity contribution in [3.63, 3.8) is 0 Å². The minimum atomic E-state index is -0.446. The topological polar surface area (TPSA) is 12.4 Å². The highest BCUT2D eigenvalue weighted by Gasteiger charge is 2.12. The van der Waals surface area contributed by atoms with Gasteiger partial charge >= 0.3 is 0 Å². The number of thiocarbonyl (C=S) groups is 1. The third-order valence-electron chi connectivity index (χ3n) is 5.14. The van der Waals surface area contributed by atoms with Crippen molar-refractivity contribution in [3.05, 3.63) is 75.9 Å². The summed E-state index contributed by atoms with van der Waals surface area (Å²) >= 11 is 8.03. The van der Waals surface area contributed by atoms with E-state index in [2.05, 4.69) is 78.4 Å². The predicted octanol–water partition coefficient (Wildman–Crippen LogP) is 8.81. The van der Waals surface area contributed by atoms with E-state index in [1.54, 1.807) is 23.5 Å². The quantitative estimate of drug-likeness (QED) is 0.154. The summed E-state index contributed by atoms with van der Waals surface area (Å²) in [6.45, 7) is 4.46. The van der Waals surface area contributed by atoms with Crippen LogP contribution in [0.3, 0.4) is 0 Å². The van der Waals surface area contributed by atoms with Gasteiger partial charge in [0.15, 0.2) is 5.82 Å². The Morgan fingerprint density at radius 2 is 1.72 bits per heavy atom. The Kier molecular flexibility index (Phi) is 7.29. The zero-order valence-electron chi connectivity index (χ0n) is 18.0. The van der Waals surface area contributed by atoms with E-state index < -0.39 is 5.82 Å². The second-order valence-corrected chi connectivity index (χ2v) is 9.91. The maximum Gasteiger partial charge on any atom is 0.150 e. The molecule has 32 heavy (non-hydrogen) atoms. The molecule has 0 atom stereocenters. The number of isothiocyanates is 1. The van der Waals surface area contributed by atoms with Crippen molar-refractivity contribution >= 4 is 55.1 Å². The second-order valence-electron chi connectivity index (χ2n) is 7.56. The van der Waals surface area contributed by atoms with E-state index in [-0.39, 0.29) is 5.69 Å². The number of benzene rings is 2. The van der Waals surface area contributed by atoms with Gasteiger partial charge in [-0.1, -0.05) is 56.7 Å². The smallest absolute Gasteiger partial charge is 0.150 e. The Hall–Kier alpha value is -2.61. The van der Waals surface area contributed by atoms with E-state index in [1.807, 2.05) is 11.3 Å². The molecule has 2 aromatic heterocycles. The van der Waals surface area contributed by atoms with Crippen molar-refractivity contribution in [1.29, 1.82) is 0 Å². The molecule has 0 bridgehead atoms. The monoisotopic (exact) mass is 475 g/mol. The fourth-order valence-electron chi connectivity index (χ4n) is 3.70. The zero-order chi connectivity index (χ0) is 22.5. The number of nitrogens with zero attached hydrogens (tertiary/aromatic N) is 1. The van der Waals surface area contributed by atoms with Gasteiger partial charge in [0.05, 0.1) is 10.0 Å². The molecule has 0 radical (unpaired) electrons. The number of halogens is 1. The van der Waals surface area contributed by atoms with Crippen molar-refractivity contribution < 1.29 is 4.39 Å². The maximum absolute atomic E-state index is 14.0. The molecule has 4 aromatic rings. The van der Waals surface area contributed by atoms with Gasteiger partial charge in [-0.3, -0.25) is 0 Å². The van der Waals surface area contributed by atoms with Crippen LogP contribution in [0.2, 0.25) is 0 Å². The lowest BCUT2D eigenvalue weighted by atomic mass is 9.97. The lowest BCUT2D eigenvalue weighted by molar-refractivity contribution is 0.629. The standard InChI is InChI=1S/C27H22FNS3/c1-3-5-18-8-11-22(20(13-18)6-4-2)25-16-27-26(32-25)15-21(31-27)10-7-19-9-12-24(29-17-30)23(28)14-19/h8-9,11-16H,3-6H2,1-2H3. The zero-order valence-corrected chi connectivity index (χ0v) is 20.4. The highest BCUT2D eigenvalue weighted by molar-refractivity contribution is 7.78. The summed E-state index contributed by atoms with van der Waals surface area (Å²) < 4.78 is 16.5. The molecule has 0 saturated heterocycles. The van der Waals surface area contributed by atoms with Crippen LogP contribution in [0.4, 0.5) is 10.1 Å². The fraction of sp³-hybridized carbons (Fsp3) is 0.222. The van der Waals surface area contributed by atoms with Crippen molar-refractivity contribution in [2.45, 2.75) is 39.5 Å². The molecule has 2 aromatic carbocycles. The summed E-state index contributed by atoms with van der Waals surface area (Å²) in [5.74, 6) is 5.77. The van der Waals surface area contributed by atoms with Crippen LogP contribution in [0.1, 0.15) is 48.3 Å². The summed E-state index contributed by atoms with van der Waals surface area (Å²) in [6.07, 6.45) is 4.54. The number of thiophene rings is 2. The molecule has 0 amide bonds. The van der Waals surface area contributed by atoms with Gasteiger partial charge in [-0.25, -0.2) is 4.39 Å². The SMILES string of the molecule is CCCc1ccc(-c2cc3sc(C#Cc4ccc(N=C=S)c(F)c4)cc3s2)c(CCC)c1. The maximum atomic E-state index is 14.0. The van der Waals surface area contributed by atoms with Crippen molar-refractivity contribution in [2.75, 3.05) is 0 Å². The second kappa shape index (κ2) is 10.3. The molecule has 0 aliphatic carbocycles. The number of aryl methyl sites for hydroxylation is 2. The van der Waals surface area contributed by atoms with Crippen molar-refractivity contribution in [2.24, 2.45) is 4.99 Å². The third kappa shape index (κ3) is 5.06. The Bertz CT molecular complexity index is 1350. The molecule has 5 heteroatoms. The first-order valence-electron chi connectivity index (χ1n) is 10.7. The average molecular weight is 476 g/mol. The molecule has 0 saturated carbocycles. The Morgan fingerprint density at radius 3 is 2.44 bits per heavy atom. The van der Waals surface area contributed by atoms with E-state index in [0.717, 1.165) is 24.1 Å². The molecular weight excluding hydrogens is 454 g/mol. The van der Waals surface area contributed by atoms with Gasteiger partial charge in [0.25, 0.3) is 0 Å². The van der Waals surface area contributed by atoms with Crippen LogP contribution < -0.4 is 0 Å². The summed E-state index contributed by atoms with van der Waals surface area (Å²) in [6, 6.07) is 16.0. The van der Waals surface area contributed by atoms with Crippen LogP contribution in [0.15, 0.2) is 53.5 Å². The molecule has 0 aliphatic rings. The minimum absolute atomic E-state index is 0.180. The number of fused-ring (bicyclic) bond motifs is 1. The first kappa shape index (κ1) is 22.6. The van der Waals surface area contributed by atoms with Crippen LogP contribution in [0.25, 0.3) is 19.8 Å². The average Bonchev–Trinajstić information content (AvgIpc) is 3.34. The van der Waals surface area contributed by atoms with E-state index in [9.17, 15) is 4.39 Å². The Morgan fingerprint density at radius 1 is 0.906 bits per heavy atom. The first-order chi connectivity index (χ1) is 15.6. The Balaban J connectivity index is 1.60. The van der Waals surface area contributed by atoms with Crippen LogP contribution in [0.5, 0.6) is 0 Å². The predicted molar refractivity (Wildman–Crippen MR) is 140 cm³/mol. The number of hydrogen-bond donors (Lipinski definition) is 0. The van der Waals surface area contributed by atoms with Crippen LogP contribution in [0, 0.1) is 17.7 Å². The van der Waals surface area contributed by atoms with Crippen LogP contribution in [-0.4, -0.2) is 5.16 Å². The summed E-state index contributed by atoms with van der Waals surface area (Å²) in [4.78, 5) is 5.99. The molecule has 1 nitrogen and oxygen atoms in total. The molecule has 0 aliphatic heterocycles. The number of hydrogen-bond acceptors (Lipinski definition) is 4. The van der Waals surface area contributed by atoms with Gasteiger partial charge in [0.2, 0.25) is 0 Å². The van der Waals surface area contributed by atoms with Crippen LogP contribution in [-0.2, 0) is 12.8 Å². The lowest BCUT2D eigenvalue weighted by Gasteiger charge is -2.10. The molecule has 0 N–H and O–H groups in total. The first-order valence-corrected chi connectivity index (χ1v) is 12.7. The van der Waals surface area contributed by atoms with Gasteiger partial charge in [-0.05, 0) is 72.1 Å². The van der Waals surface area contributed by atoms with E-state index >= 15 is 0 Å². The lowest BCUT2D eigenvalue weighted by Crippen LogP contribution is -1.92. The fourth-order valence-corrected chi connectivity index (χ4v) is 6.10. The Labute approximate surface area is 201 Å². The third-order valence-corrected chi connectivity index (χ3v) is 7.48. The van der Waals surface area contributed by atoms with Crippen LogP contribution >= 0.6 is 34.9 Å². The van der Waals surface area contributed by atoms with E-state index in [0.29, 0.717) is 5.56 Å². The molecule has 0 spiro atoms. The highest BCUT2D eigenvalue weighted by atomic mass is 32.1. The molecule has 0 unspecified atom stereocenters. The summed E-state index contributed by atoms with van der Waals surface area (Å²) in [7, 11) is 0. The number of rotatable bonds is 6. The largest absolute Gasteiger partial charge is 0.205 e.